The Kier molecular flexibility index (Phi) is 9.93. The summed E-state index contributed by atoms with van der Waals surface area (Å²) in [7, 11) is 3.38. The van der Waals surface area contributed by atoms with Gasteiger partial charge >= 0.3 is 0 Å². The molecule has 42 heavy (non-hydrogen) atoms. The van der Waals surface area contributed by atoms with Crippen molar-refractivity contribution in [2.75, 3.05) is 58.4 Å². The Labute approximate surface area is 244 Å². The number of anilines is 1. The van der Waals surface area contributed by atoms with Gasteiger partial charge in [-0.15, -0.1) is 0 Å². The minimum atomic E-state index is -1.12. The summed E-state index contributed by atoms with van der Waals surface area (Å²) in [5, 5.41) is 10.3. The van der Waals surface area contributed by atoms with E-state index < -0.39 is 29.8 Å². The first-order valence-electron chi connectivity index (χ1n) is 13.9. The van der Waals surface area contributed by atoms with Crippen molar-refractivity contribution >= 4 is 22.8 Å². The van der Waals surface area contributed by atoms with E-state index in [0.29, 0.717) is 67.4 Å². The van der Waals surface area contributed by atoms with E-state index in [4.69, 9.17) is 19.2 Å². The quantitative estimate of drug-likeness (QED) is 0.353. The van der Waals surface area contributed by atoms with Gasteiger partial charge in [0.25, 0.3) is 5.91 Å². The van der Waals surface area contributed by atoms with E-state index in [-0.39, 0.29) is 11.7 Å². The first-order chi connectivity index (χ1) is 19.8. The van der Waals surface area contributed by atoms with Gasteiger partial charge in [-0.25, -0.2) is 13.8 Å². The van der Waals surface area contributed by atoms with Gasteiger partial charge in [-0.05, 0) is 59.0 Å². The molecule has 1 N–H and O–H groups in total. The summed E-state index contributed by atoms with van der Waals surface area (Å²) in [5.74, 6) is -1.45. The molecule has 2 unspecified atom stereocenters. The van der Waals surface area contributed by atoms with E-state index in [1.807, 2.05) is 20.8 Å². The highest BCUT2D eigenvalue weighted by molar-refractivity contribution is 5.98. The van der Waals surface area contributed by atoms with Gasteiger partial charge in [0, 0.05) is 50.4 Å². The SMILES string of the molecule is CC(Oc1ccc(F)c(F)c1)c1cc(C(=O)N(C)CCN(C)C(O)OC(C)(C)C)cc2ncc(N3CCOCC3)nc12. The standard InChI is InChI=1S/C30H39F2N5O5/c1-19(41-21-7-8-23(31)24(32)17-21)22-15-20(28(38)35(5)9-10-36(6)29(39)42-30(2,3)4)16-25-27(22)34-26(18-33-25)37-11-13-40-14-12-37/h7-8,15-19,29,39H,9-14H2,1-6H3. The molecule has 228 valence electrons. The molecule has 2 atom stereocenters. The third-order valence-corrected chi connectivity index (χ3v) is 6.86. The number of ether oxygens (including phenoxy) is 3. The van der Waals surface area contributed by atoms with E-state index in [1.165, 1.54) is 6.07 Å². The zero-order valence-electron chi connectivity index (χ0n) is 24.9. The number of morpholine rings is 1. The molecule has 1 aliphatic heterocycles. The van der Waals surface area contributed by atoms with Crippen LogP contribution in [-0.4, -0.2) is 96.3 Å². The monoisotopic (exact) mass is 587 g/mol. The fraction of sp³-hybridized carbons (Fsp3) is 0.500. The third-order valence-electron chi connectivity index (χ3n) is 6.86. The number of nitrogens with zero attached hydrogens (tertiary/aromatic N) is 5. The molecule has 4 rings (SSSR count). The van der Waals surface area contributed by atoms with Crippen LogP contribution in [0.15, 0.2) is 36.5 Å². The second-order valence-electron chi connectivity index (χ2n) is 11.4. The number of aromatic nitrogens is 2. The number of fused-ring (bicyclic) bond motifs is 1. The van der Waals surface area contributed by atoms with Gasteiger partial charge in [-0.1, -0.05) is 0 Å². The second kappa shape index (κ2) is 13.2. The van der Waals surface area contributed by atoms with Gasteiger partial charge in [0.15, 0.2) is 11.6 Å². The third kappa shape index (κ3) is 7.88. The van der Waals surface area contributed by atoms with E-state index in [2.05, 4.69) is 9.88 Å². The molecule has 1 fully saturated rings. The zero-order valence-corrected chi connectivity index (χ0v) is 24.9. The number of carbonyl (C=O) groups is 1. The first-order valence-corrected chi connectivity index (χ1v) is 13.9. The molecule has 12 heteroatoms. The maximum absolute atomic E-state index is 13.9. The number of carbonyl (C=O) groups excluding carboxylic acids is 1. The van der Waals surface area contributed by atoms with Gasteiger partial charge in [0.1, 0.15) is 17.7 Å². The molecule has 1 saturated heterocycles. The lowest BCUT2D eigenvalue weighted by Crippen LogP contribution is -2.43. The van der Waals surface area contributed by atoms with Crippen molar-refractivity contribution in [3.63, 3.8) is 0 Å². The lowest BCUT2D eigenvalue weighted by molar-refractivity contribution is -0.232. The van der Waals surface area contributed by atoms with Crippen molar-refractivity contribution in [1.29, 1.82) is 0 Å². The lowest BCUT2D eigenvalue weighted by Gasteiger charge is -2.31. The minimum absolute atomic E-state index is 0.139. The van der Waals surface area contributed by atoms with Gasteiger partial charge in [-0.2, -0.15) is 0 Å². The fourth-order valence-electron chi connectivity index (χ4n) is 4.47. The van der Waals surface area contributed by atoms with Crippen LogP contribution < -0.4 is 9.64 Å². The lowest BCUT2D eigenvalue weighted by atomic mass is 10.0. The Morgan fingerprint density at radius 3 is 2.50 bits per heavy atom. The number of hydrogen-bond donors (Lipinski definition) is 1. The van der Waals surface area contributed by atoms with Crippen LogP contribution in [0.25, 0.3) is 11.0 Å². The van der Waals surface area contributed by atoms with Crippen molar-refractivity contribution in [2.24, 2.45) is 0 Å². The Hall–Kier alpha value is -3.45. The average Bonchev–Trinajstić information content (AvgIpc) is 2.95. The average molecular weight is 588 g/mol. The van der Waals surface area contributed by atoms with Crippen LogP contribution in [0.1, 0.15) is 49.7 Å². The number of hydrogen-bond acceptors (Lipinski definition) is 9. The van der Waals surface area contributed by atoms with Gasteiger partial charge in [0.05, 0.1) is 36.0 Å². The zero-order chi connectivity index (χ0) is 30.6. The van der Waals surface area contributed by atoms with E-state index >= 15 is 0 Å². The molecule has 1 aliphatic rings. The summed E-state index contributed by atoms with van der Waals surface area (Å²) in [4.78, 5) is 28.3. The van der Waals surface area contributed by atoms with Crippen molar-refractivity contribution in [3.05, 3.63) is 59.3 Å². The van der Waals surface area contributed by atoms with Crippen molar-refractivity contribution in [2.45, 2.75) is 45.8 Å². The molecule has 0 aliphatic carbocycles. The van der Waals surface area contributed by atoms with Crippen LogP contribution in [0.2, 0.25) is 0 Å². The maximum Gasteiger partial charge on any atom is 0.253 e. The molecule has 2 heterocycles. The predicted octanol–water partition coefficient (Wildman–Crippen LogP) is 3.98. The number of rotatable bonds is 10. The van der Waals surface area contributed by atoms with E-state index in [9.17, 15) is 18.7 Å². The molecule has 0 spiro atoms. The van der Waals surface area contributed by atoms with E-state index in [0.717, 1.165) is 12.1 Å². The topological polar surface area (TPSA) is 100 Å². The predicted molar refractivity (Wildman–Crippen MR) is 154 cm³/mol. The number of benzene rings is 2. The van der Waals surface area contributed by atoms with E-state index in [1.54, 1.807) is 49.1 Å². The summed E-state index contributed by atoms with van der Waals surface area (Å²) in [6.45, 7) is 10.5. The molecular weight excluding hydrogens is 548 g/mol. The fourth-order valence-corrected chi connectivity index (χ4v) is 4.47. The smallest absolute Gasteiger partial charge is 0.253 e. The Balaban J connectivity index is 1.62. The number of likely N-dealkylation sites (N-methyl/N-ethyl adjacent to an activating group) is 2. The summed E-state index contributed by atoms with van der Waals surface area (Å²) in [5.41, 5.74) is 1.44. The molecular formula is C30H39F2N5O5. The summed E-state index contributed by atoms with van der Waals surface area (Å²) < 4.78 is 44.4. The van der Waals surface area contributed by atoms with Gasteiger partial charge in [-0.3, -0.25) is 14.7 Å². The summed E-state index contributed by atoms with van der Waals surface area (Å²) in [6.07, 6.45) is -0.131. The summed E-state index contributed by atoms with van der Waals surface area (Å²) in [6, 6.07) is 6.71. The van der Waals surface area contributed by atoms with Gasteiger partial charge in [0.2, 0.25) is 6.41 Å². The first kappa shape index (κ1) is 31.5. The van der Waals surface area contributed by atoms with Gasteiger partial charge < -0.3 is 29.1 Å². The van der Waals surface area contributed by atoms with Crippen molar-refractivity contribution in [1.82, 2.24) is 19.8 Å². The molecule has 0 radical (unpaired) electrons. The van der Waals surface area contributed by atoms with Crippen LogP contribution >= 0.6 is 0 Å². The molecule has 0 bridgehead atoms. The van der Waals surface area contributed by atoms with Crippen LogP contribution in [0.4, 0.5) is 14.6 Å². The molecule has 10 nitrogen and oxygen atoms in total. The highest BCUT2D eigenvalue weighted by Crippen LogP contribution is 2.30. The maximum atomic E-state index is 13.9. The highest BCUT2D eigenvalue weighted by atomic mass is 19.2. The Morgan fingerprint density at radius 1 is 1.12 bits per heavy atom. The molecule has 0 saturated carbocycles. The molecule has 3 aromatic rings. The Morgan fingerprint density at radius 2 is 1.83 bits per heavy atom. The number of halogens is 2. The Bertz CT molecular complexity index is 1400. The second-order valence-corrected chi connectivity index (χ2v) is 11.4. The number of aliphatic hydroxyl groups excluding tert-OH is 1. The number of aliphatic hydroxyl groups is 1. The van der Waals surface area contributed by atoms with Crippen LogP contribution in [0.5, 0.6) is 5.75 Å². The van der Waals surface area contributed by atoms with Crippen LogP contribution in [0, 0.1) is 11.6 Å². The largest absolute Gasteiger partial charge is 0.486 e. The van der Waals surface area contributed by atoms with Crippen LogP contribution in [0.3, 0.4) is 0 Å². The molecule has 2 aromatic carbocycles. The molecule has 1 aromatic heterocycles. The van der Waals surface area contributed by atoms with Crippen molar-refractivity contribution < 1.29 is 32.9 Å². The molecule has 1 amide bonds. The van der Waals surface area contributed by atoms with Crippen molar-refractivity contribution in [3.8, 4) is 5.75 Å². The minimum Gasteiger partial charge on any atom is -0.486 e. The summed E-state index contributed by atoms with van der Waals surface area (Å²) >= 11 is 0. The van der Waals surface area contributed by atoms with Crippen LogP contribution in [-0.2, 0) is 9.47 Å². The number of amides is 1. The normalized spacial score (nSPS) is 15.6. The highest BCUT2D eigenvalue weighted by Gasteiger charge is 2.24.